The van der Waals surface area contributed by atoms with Gasteiger partial charge in [0.2, 0.25) is 0 Å². The van der Waals surface area contributed by atoms with Gasteiger partial charge in [0, 0.05) is 11.8 Å². The van der Waals surface area contributed by atoms with Gasteiger partial charge >= 0.3 is 0 Å². The molecule has 0 atom stereocenters. The van der Waals surface area contributed by atoms with E-state index in [1.807, 2.05) is 12.2 Å². The van der Waals surface area contributed by atoms with Crippen molar-refractivity contribution >= 4 is 31.6 Å². The first kappa shape index (κ1) is 15.1. The Bertz CT molecular complexity index is 506. The van der Waals surface area contributed by atoms with E-state index in [0.717, 1.165) is 5.33 Å². The Kier molecular flexibility index (Phi) is 6.29. The Hall–Kier alpha value is -0.940. The molecule has 0 aliphatic carbocycles. The van der Waals surface area contributed by atoms with Gasteiger partial charge in [-0.1, -0.05) is 46.3 Å². The molecule has 0 unspecified atom stereocenters. The van der Waals surface area contributed by atoms with Crippen LogP contribution in [0.5, 0.6) is 0 Å². The van der Waals surface area contributed by atoms with E-state index in [-0.39, 0.29) is 17.1 Å². The topological polar surface area (TPSA) is 51.2 Å². The molecule has 1 rings (SSSR count). The van der Waals surface area contributed by atoms with Crippen LogP contribution in [0.25, 0.3) is 0 Å². The van der Waals surface area contributed by atoms with Crippen LogP contribution in [0.3, 0.4) is 0 Å². The van der Waals surface area contributed by atoms with Gasteiger partial charge in [0.15, 0.2) is 9.84 Å². The van der Waals surface area contributed by atoms with E-state index in [9.17, 15) is 13.2 Å². The summed E-state index contributed by atoms with van der Waals surface area (Å²) in [6, 6.07) is 8.05. The highest BCUT2D eigenvalue weighted by Gasteiger charge is 2.18. The van der Waals surface area contributed by atoms with Crippen molar-refractivity contribution in [3.05, 3.63) is 42.5 Å². The third-order valence-corrected chi connectivity index (χ3v) is 4.37. The summed E-state index contributed by atoms with van der Waals surface area (Å²) >= 11 is 3.23. The summed E-state index contributed by atoms with van der Waals surface area (Å²) < 4.78 is 23.8. The fraction of sp³-hybridized carbons (Fsp3) is 0.308. The molecule has 0 radical (unpaired) electrons. The SMILES string of the molecule is O=C(CC/C=C/CBr)CS(=O)(=O)c1ccccc1. The van der Waals surface area contributed by atoms with Crippen LogP contribution < -0.4 is 0 Å². The first-order valence-corrected chi connectivity index (χ1v) is 8.34. The minimum absolute atomic E-state index is 0.203. The number of halogens is 1. The maximum atomic E-state index is 11.9. The number of ketones is 1. The largest absolute Gasteiger partial charge is 0.299 e. The van der Waals surface area contributed by atoms with E-state index in [2.05, 4.69) is 15.9 Å². The maximum Gasteiger partial charge on any atom is 0.185 e. The summed E-state index contributed by atoms with van der Waals surface area (Å²) in [5, 5.41) is 0.740. The summed E-state index contributed by atoms with van der Waals surface area (Å²) in [5.41, 5.74) is 0. The number of hydrogen-bond acceptors (Lipinski definition) is 3. The van der Waals surface area contributed by atoms with Crippen LogP contribution in [0.15, 0.2) is 47.4 Å². The minimum atomic E-state index is -3.49. The summed E-state index contributed by atoms with van der Waals surface area (Å²) in [7, 11) is -3.49. The lowest BCUT2D eigenvalue weighted by Gasteiger charge is -2.02. The fourth-order valence-electron chi connectivity index (χ4n) is 1.42. The van der Waals surface area contributed by atoms with Gasteiger partial charge in [0.05, 0.1) is 4.90 Å². The van der Waals surface area contributed by atoms with Crippen molar-refractivity contribution in [3.63, 3.8) is 0 Å². The van der Waals surface area contributed by atoms with Gasteiger partial charge in [-0.3, -0.25) is 4.79 Å². The molecule has 0 amide bonds. The molecular weight excluding hydrogens is 316 g/mol. The maximum absolute atomic E-state index is 11.9. The van der Waals surface area contributed by atoms with Crippen molar-refractivity contribution in [1.29, 1.82) is 0 Å². The monoisotopic (exact) mass is 330 g/mol. The smallest absolute Gasteiger partial charge is 0.185 e. The van der Waals surface area contributed by atoms with E-state index in [1.165, 1.54) is 12.1 Å². The van der Waals surface area contributed by atoms with E-state index in [1.54, 1.807) is 18.2 Å². The van der Waals surface area contributed by atoms with Crippen molar-refractivity contribution in [2.75, 3.05) is 11.1 Å². The molecular formula is C13H15BrO3S. The van der Waals surface area contributed by atoms with Gasteiger partial charge in [-0.05, 0) is 18.6 Å². The van der Waals surface area contributed by atoms with Crippen LogP contribution >= 0.6 is 15.9 Å². The van der Waals surface area contributed by atoms with Crippen LogP contribution in [-0.4, -0.2) is 25.3 Å². The van der Waals surface area contributed by atoms with Gasteiger partial charge in [-0.2, -0.15) is 0 Å². The third kappa shape index (κ3) is 5.14. The summed E-state index contributed by atoms with van der Waals surface area (Å²) in [6.45, 7) is 0. The lowest BCUT2D eigenvalue weighted by Crippen LogP contribution is -2.15. The van der Waals surface area contributed by atoms with Crippen LogP contribution in [0.4, 0.5) is 0 Å². The molecule has 0 N–H and O–H groups in total. The quantitative estimate of drug-likeness (QED) is 0.570. The first-order valence-electron chi connectivity index (χ1n) is 5.57. The van der Waals surface area contributed by atoms with Crippen molar-refractivity contribution < 1.29 is 13.2 Å². The average Bonchev–Trinajstić information content (AvgIpc) is 2.35. The average molecular weight is 331 g/mol. The number of allylic oxidation sites excluding steroid dienone is 2. The zero-order valence-electron chi connectivity index (χ0n) is 9.88. The molecule has 3 nitrogen and oxygen atoms in total. The number of carbonyl (C=O) groups is 1. The third-order valence-electron chi connectivity index (χ3n) is 2.30. The van der Waals surface area contributed by atoms with E-state index in [0.29, 0.717) is 6.42 Å². The highest BCUT2D eigenvalue weighted by atomic mass is 79.9. The molecule has 0 aliphatic rings. The highest BCUT2D eigenvalue weighted by Crippen LogP contribution is 2.11. The van der Waals surface area contributed by atoms with Gasteiger partial charge < -0.3 is 0 Å². The predicted octanol–water partition coefficient (Wildman–Crippen LogP) is 2.76. The molecule has 1 aromatic rings. The molecule has 0 saturated heterocycles. The molecule has 0 bridgehead atoms. The van der Waals surface area contributed by atoms with Crippen molar-refractivity contribution in [2.45, 2.75) is 17.7 Å². The molecule has 0 heterocycles. The molecule has 0 fully saturated rings. The second-order valence-corrected chi connectivity index (χ2v) is 6.41. The standard InChI is InChI=1S/C13H15BrO3S/c14-10-6-2-3-7-12(15)11-18(16,17)13-8-4-1-5-9-13/h1-2,4-6,8-9H,3,7,10-11H2/b6-2+. The number of carbonyl (C=O) groups excluding carboxylic acids is 1. The lowest BCUT2D eigenvalue weighted by molar-refractivity contribution is -0.116. The van der Waals surface area contributed by atoms with Crippen molar-refractivity contribution in [1.82, 2.24) is 0 Å². The predicted molar refractivity (Wildman–Crippen MR) is 75.7 cm³/mol. The Labute approximate surface area is 116 Å². The summed E-state index contributed by atoms with van der Waals surface area (Å²) in [5.74, 6) is -0.669. The number of alkyl halides is 1. The van der Waals surface area contributed by atoms with Gasteiger partial charge in [0.1, 0.15) is 11.5 Å². The summed E-state index contributed by atoms with van der Waals surface area (Å²) in [6.07, 6.45) is 4.59. The molecule has 1 aromatic carbocycles. The van der Waals surface area contributed by atoms with Crippen molar-refractivity contribution in [3.8, 4) is 0 Å². The Morgan fingerprint density at radius 3 is 2.44 bits per heavy atom. The normalized spacial score (nSPS) is 11.8. The molecule has 98 valence electrons. The molecule has 0 spiro atoms. The second kappa shape index (κ2) is 7.48. The van der Waals surface area contributed by atoms with Gasteiger partial charge in [-0.25, -0.2) is 8.42 Å². The van der Waals surface area contributed by atoms with Crippen LogP contribution in [0, 0.1) is 0 Å². The lowest BCUT2D eigenvalue weighted by atomic mass is 10.2. The van der Waals surface area contributed by atoms with Crippen LogP contribution in [0.1, 0.15) is 12.8 Å². The summed E-state index contributed by atoms with van der Waals surface area (Å²) in [4.78, 5) is 11.8. The first-order chi connectivity index (χ1) is 8.56. The highest BCUT2D eigenvalue weighted by molar-refractivity contribution is 9.09. The van der Waals surface area contributed by atoms with Gasteiger partial charge in [-0.15, -0.1) is 0 Å². The number of hydrogen-bond donors (Lipinski definition) is 0. The number of benzene rings is 1. The van der Waals surface area contributed by atoms with Crippen LogP contribution in [-0.2, 0) is 14.6 Å². The Morgan fingerprint density at radius 2 is 1.83 bits per heavy atom. The van der Waals surface area contributed by atoms with E-state index < -0.39 is 15.6 Å². The molecule has 18 heavy (non-hydrogen) atoms. The fourth-order valence-corrected chi connectivity index (χ4v) is 2.99. The second-order valence-electron chi connectivity index (χ2n) is 3.78. The number of Topliss-reactive ketones (excluding diaryl/α,β-unsaturated/α-hetero) is 1. The zero-order valence-corrected chi connectivity index (χ0v) is 12.3. The Balaban J connectivity index is 2.56. The number of rotatable bonds is 7. The number of sulfone groups is 1. The Morgan fingerprint density at radius 1 is 1.17 bits per heavy atom. The van der Waals surface area contributed by atoms with Crippen molar-refractivity contribution in [2.24, 2.45) is 0 Å². The van der Waals surface area contributed by atoms with E-state index >= 15 is 0 Å². The molecule has 0 aromatic heterocycles. The minimum Gasteiger partial charge on any atom is -0.299 e. The molecule has 0 aliphatic heterocycles. The van der Waals surface area contributed by atoms with E-state index in [4.69, 9.17) is 0 Å². The molecule has 0 saturated carbocycles. The molecule has 5 heteroatoms. The zero-order chi connectivity index (χ0) is 13.4. The van der Waals surface area contributed by atoms with Crippen LogP contribution in [0.2, 0.25) is 0 Å². The van der Waals surface area contributed by atoms with Gasteiger partial charge in [0.25, 0.3) is 0 Å².